The van der Waals surface area contributed by atoms with E-state index in [1.54, 1.807) is 11.8 Å². The predicted molar refractivity (Wildman–Crippen MR) is 106 cm³/mol. The first-order valence-electron chi connectivity index (χ1n) is 9.87. The minimum Gasteiger partial charge on any atom is -0.467 e. The van der Waals surface area contributed by atoms with Gasteiger partial charge in [-0.15, -0.1) is 5.10 Å². The second-order valence-electron chi connectivity index (χ2n) is 8.07. The van der Waals surface area contributed by atoms with Crippen molar-refractivity contribution in [2.75, 3.05) is 20.8 Å². The summed E-state index contributed by atoms with van der Waals surface area (Å²) in [6, 6.07) is -0.667. The molecule has 1 unspecified atom stereocenters. The van der Waals surface area contributed by atoms with Crippen LogP contribution >= 0.6 is 0 Å². The Kier molecular flexibility index (Phi) is 8.19. The molecule has 2 rings (SSSR count). The van der Waals surface area contributed by atoms with E-state index in [1.807, 2.05) is 33.0 Å². The van der Waals surface area contributed by atoms with Gasteiger partial charge in [0.05, 0.1) is 19.9 Å². The fraction of sp³-hybridized carbons (Fsp3) is 0.700. The second-order valence-corrected chi connectivity index (χ2v) is 8.07. The zero-order valence-electron chi connectivity index (χ0n) is 18.0. The summed E-state index contributed by atoms with van der Waals surface area (Å²) in [5, 5.41) is 8.14. The van der Waals surface area contributed by atoms with Crippen LogP contribution in [0.2, 0.25) is 0 Å². The van der Waals surface area contributed by atoms with Gasteiger partial charge in [0, 0.05) is 20.2 Å². The minimum atomic E-state index is -0.667. The molecule has 29 heavy (non-hydrogen) atoms. The van der Waals surface area contributed by atoms with Crippen molar-refractivity contribution in [2.24, 2.45) is 0 Å². The number of aromatic nitrogens is 3. The van der Waals surface area contributed by atoms with Crippen molar-refractivity contribution in [2.45, 2.75) is 71.2 Å². The van der Waals surface area contributed by atoms with E-state index in [0.717, 1.165) is 25.1 Å². The van der Waals surface area contributed by atoms with Crippen molar-refractivity contribution < 1.29 is 23.8 Å². The zero-order chi connectivity index (χ0) is 21.4. The largest absolute Gasteiger partial charge is 0.467 e. The average Bonchev–Trinajstić information content (AvgIpc) is 2.97. The summed E-state index contributed by atoms with van der Waals surface area (Å²) in [4.78, 5) is 26.3. The van der Waals surface area contributed by atoms with Crippen LogP contribution < -0.4 is 0 Å². The number of carbonyl (C=O) groups excluding carboxylic acids is 2. The molecule has 0 saturated carbocycles. The molecule has 162 valence electrons. The molecule has 0 N–H and O–H groups in total. The molecule has 1 aromatic rings. The molecule has 1 aromatic heterocycles. The number of hydrogen-bond acceptors (Lipinski definition) is 7. The van der Waals surface area contributed by atoms with Crippen molar-refractivity contribution in [3.05, 3.63) is 23.5 Å². The number of aryl methyl sites for hydroxylation is 1. The van der Waals surface area contributed by atoms with Crippen molar-refractivity contribution in [3.8, 4) is 0 Å². The molecule has 0 spiro atoms. The summed E-state index contributed by atoms with van der Waals surface area (Å²) in [6.45, 7) is 7.03. The number of ether oxygens (including phenoxy) is 3. The van der Waals surface area contributed by atoms with E-state index >= 15 is 0 Å². The van der Waals surface area contributed by atoms with Crippen LogP contribution in [0.4, 0.5) is 4.79 Å². The number of esters is 1. The number of amides is 1. The molecule has 1 aliphatic heterocycles. The number of nitrogens with zero attached hydrogens (tertiary/aromatic N) is 4. The molecule has 9 heteroatoms. The summed E-state index contributed by atoms with van der Waals surface area (Å²) in [7, 11) is 2.96. The Balaban J connectivity index is 1.95. The van der Waals surface area contributed by atoms with E-state index in [0.29, 0.717) is 26.0 Å². The van der Waals surface area contributed by atoms with E-state index in [9.17, 15) is 9.59 Å². The molecule has 9 nitrogen and oxygen atoms in total. The Morgan fingerprint density at radius 3 is 2.69 bits per heavy atom. The lowest BCUT2D eigenvalue weighted by Gasteiger charge is -2.30. The number of hydrogen-bond donors (Lipinski definition) is 0. The predicted octanol–water partition coefficient (Wildman–Crippen LogP) is 2.70. The Morgan fingerprint density at radius 2 is 2.03 bits per heavy atom. The zero-order valence-corrected chi connectivity index (χ0v) is 18.0. The van der Waals surface area contributed by atoms with Crippen molar-refractivity contribution in [1.82, 2.24) is 19.9 Å². The molecular formula is C20H32N4O5. The molecule has 1 amide bonds. The smallest absolute Gasteiger partial charge is 0.411 e. The van der Waals surface area contributed by atoms with Gasteiger partial charge < -0.3 is 14.2 Å². The second kappa shape index (κ2) is 10.4. The van der Waals surface area contributed by atoms with Crippen molar-refractivity contribution >= 4 is 12.1 Å². The standard InChI is InChI=1S/C20H32N4O5/c1-20(2,3)29-19(26)24-12-10-15(8-9-17(24)18(25)28-5)7-6-11-23-13-16(14-27-4)21-22-23/h8,13,17H,6-7,9-12,14H2,1-5H3. The third-order valence-corrected chi connectivity index (χ3v) is 4.54. The topological polar surface area (TPSA) is 95.8 Å². The molecule has 0 aliphatic carbocycles. The molecule has 0 fully saturated rings. The number of carbonyl (C=O) groups is 2. The highest BCUT2D eigenvalue weighted by Crippen LogP contribution is 2.23. The Hall–Kier alpha value is -2.42. The molecule has 0 radical (unpaired) electrons. The van der Waals surface area contributed by atoms with Crippen LogP contribution in [0.1, 0.15) is 52.1 Å². The maximum absolute atomic E-state index is 12.6. The van der Waals surface area contributed by atoms with Crippen LogP contribution in [0.5, 0.6) is 0 Å². The lowest BCUT2D eigenvalue weighted by molar-refractivity contribution is -0.146. The third-order valence-electron chi connectivity index (χ3n) is 4.54. The normalized spacial score (nSPS) is 17.5. The van der Waals surface area contributed by atoms with E-state index < -0.39 is 23.7 Å². The number of methoxy groups -OCH3 is 2. The summed E-state index contributed by atoms with van der Waals surface area (Å²) >= 11 is 0. The number of rotatable bonds is 7. The summed E-state index contributed by atoms with van der Waals surface area (Å²) < 4.78 is 17.2. The van der Waals surface area contributed by atoms with Gasteiger partial charge in [0.15, 0.2) is 0 Å². The van der Waals surface area contributed by atoms with Crippen LogP contribution in [-0.4, -0.2) is 64.4 Å². The molecular weight excluding hydrogens is 376 g/mol. The Labute approximate surface area is 172 Å². The van der Waals surface area contributed by atoms with Gasteiger partial charge in [-0.25, -0.2) is 9.59 Å². The highest BCUT2D eigenvalue weighted by atomic mass is 16.6. The first kappa shape index (κ1) is 22.9. The van der Waals surface area contributed by atoms with Crippen molar-refractivity contribution in [3.63, 3.8) is 0 Å². The summed E-state index contributed by atoms with van der Waals surface area (Å²) in [5.41, 5.74) is 1.39. The fourth-order valence-corrected chi connectivity index (χ4v) is 3.18. The van der Waals surface area contributed by atoms with Crippen LogP contribution in [0, 0.1) is 0 Å². The van der Waals surface area contributed by atoms with E-state index in [2.05, 4.69) is 10.3 Å². The monoisotopic (exact) mass is 408 g/mol. The van der Waals surface area contributed by atoms with Gasteiger partial charge in [-0.2, -0.15) is 0 Å². The van der Waals surface area contributed by atoms with Crippen LogP contribution in [-0.2, 0) is 32.2 Å². The molecule has 0 saturated heterocycles. The molecule has 1 aliphatic rings. The summed E-state index contributed by atoms with van der Waals surface area (Å²) in [6.07, 6.45) is 6.29. The molecule has 0 aromatic carbocycles. The maximum Gasteiger partial charge on any atom is 0.411 e. The van der Waals surface area contributed by atoms with E-state index in [4.69, 9.17) is 14.2 Å². The lowest BCUT2D eigenvalue weighted by Crippen LogP contribution is -2.47. The third kappa shape index (κ3) is 7.16. The molecule has 0 bridgehead atoms. The van der Waals surface area contributed by atoms with Gasteiger partial charge >= 0.3 is 12.1 Å². The maximum atomic E-state index is 12.6. The van der Waals surface area contributed by atoms with Gasteiger partial charge in [-0.3, -0.25) is 9.58 Å². The van der Waals surface area contributed by atoms with Gasteiger partial charge in [0.1, 0.15) is 17.3 Å². The Bertz CT molecular complexity index is 723. The first-order valence-corrected chi connectivity index (χ1v) is 9.87. The molecule has 1 atom stereocenters. The van der Waals surface area contributed by atoms with Gasteiger partial charge in [0.2, 0.25) is 0 Å². The SMILES string of the molecule is COCc1cn(CCCC2=CCC(C(=O)OC)N(C(=O)OC(C)(C)C)CC2)nn1. The average molecular weight is 408 g/mol. The highest BCUT2D eigenvalue weighted by Gasteiger charge is 2.34. The van der Waals surface area contributed by atoms with Gasteiger partial charge in [-0.05, 0) is 46.5 Å². The quantitative estimate of drug-likeness (QED) is 0.505. The highest BCUT2D eigenvalue weighted by molar-refractivity contribution is 5.81. The Morgan fingerprint density at radius 1 is 1.28 bits per heavy atom. The van der Waals surface area contributed by atoms with Crippen LogP contribution in [0.3, 0.4) is 0 Å². The molecule has 2 heterocycles. The van der Waals surface area contributed by atoms with Crippen LogP contribution in [0.25, 0.3) is 0 Å². The van der Waals surface area contributed by atoms with Gasteiger partial charge in [0.25, 0.3) is 0 Å². The van der Waals surface area contributed by atoms with Crippen molar-refractivity contribution in [1.29, 1.82) is 0 Å². The minimum absolute atomic E-state index is 0.418. The first-order chi connectivity index (χ1) is 13.7. The summed E-state index contributed by atoms with van der Waals surface area (Å²) in [5.74, 6) is -0.429. The van der Waals surface area contributed by atoms with E-state index in [-0.39, 0.29) is 0 Å². The van der Waals surface area contributed by atoms with Crippen LogP contribution in [0.15, 0.2) is 17.8 Å². The fourth-order valence-electron chi connectivity index (χ4n) is 3.18. The van der Waals surface area contributed by atoms with Gasteiger partial charge in [-0.1, -0.05) is 16.9 Å². The van der Waals surface area contributed by atoms with E-state index in [1.165, 1.54) is 17.6 Å². The lowest BCUT2D eigenvalue weighted by atomic mass is 10.1.